The Morgan fingerprint density at radius 3 is 2.68 bits per heavy atom. The van der Waals surface area contributed by atoms with Gasteiger partial charge in [0.1, 0.15) is 0 Å². The van der Waals surface area contributed by atoms with E-state index >= 15 is 0 Å². The molecule has 5 heteroatoms. The Bertz CT molecular complexity index is 532. The van der Waals surface area contributed by atoms with Crippen LogP contribution in [-0.2, 0) is 9.59 Å². The Morgan fingerprint density at radius 2 is 2.11 bits per heavy atom. The molecule has 1 amide bonds. The summed E-state index contributed by atoms with van der Waals surface area (Å²) in [6, 6.07) is 7.05. The molecule has 19 heavy (non-hydrogen) atoms. The van der Waals surface area contributed by atoms with Crippen LogP contribution in [0.2, 0.25) is 0 Å². The second kappa shape index (κ2) is 6.55. The number of hydrogen-bond acceptors (Lipinski definition) is 3. The summed E-state index contributed by atoms with van der Waals surface area (Å²) in [5, 5.41) is 20.1. The van der Waals surface area contributed by atoms with Crippen LogP contribution in [0.1, 0.15) is 30.9 Å². The highest BCUT2D eigenvalue weighted by Crippen LogP contribution is 2.18. The van der Waals surface area contributed by atoms with E-state index in [1.54, 1.807) is 25.1 Å². The number of hydrogen-bond donors (Lipinski definition) is 2. The van der Waals surface area contributed by atoms with Gasteiger partial charge in [-0.2, -0.15) is 5.26 Å². The number of carbonyl (C=O) groups is 2. The molecule has 0 aliphatic carbocycles. The number of nitrogens with one attached hydrogen (secondary N) is 1. The highest BCUT2D eigenvalue weighted by atomic mass is 16.4. The van der Waals surface area contributed by atoms with Crippen LogP contribution in [0.15, 0.2) is 18.2 Å². The molecular weight excluding hydrogens is 244 g/mol. The van der Waals surface area contributed by atoms with Crippen LogP contribution in [-0.4, -0.2) is 17.0 Å². The molecule has 1 atom stereocenters. The molecule has 0 bridgehead atoms. The van der Waals surface area contributed by atoms with Crippen molar-refractivity contribution < 1.29 is 14.7 Å². The fourth-order valence-corrected chi connectivity index (χ4v) is 1.71. The Labute approximate surface area is 111 Å². The predicted molar refractivity (Wildman–Crippen MR) is 70.6 cm³/mol. The molecule has 0 saturated carbocycles. The van der Waals surface area contributed by atoms with Crippen molar-refractivity contribution in [3.8, 4) is 6.07 Å². The maximum absolute atomic E-state index is 11.8. The topological polar surface area (TPSA) is 90.2 Å². The van der Waals surface area contributed by atoms with E-state index in [1.165, 1.54) is 0 Å². The van der Waals surface area contributed by atoms with Crippen molar-refractivity contribution in [1.29, 1.82) is 5.26 Å². The second-order valence-electron chi connectivity index (χ2n) is 4.60. The van der Waals surface area contributed by atoms with Gasteiger partial charge in [-0.15, -0.1) is 0 Å². The van der Waals surface area contributed by atoms with Gasteiger partial charge in [0.15, 0.2) is 0 Å². The van der Waals surface area contributed by atoms with Gasteiger partial charge in [-0.3, -0.25) is 9.59 Å². The van der Waals surface area contributed by atoms with E-state index in [1.807, 2.05) is 13.0 Å². The Hall–Kier alpha value is -2.35. The van der Waals surface area contributed by atoms with Crippen LogP contribution in [0.25, 0.3) is 0 Å². The smallest absolute Gasteiger partial charge is 0.303 e. The van der Waals surface area contributed by atoms with Crippen LogP contribution in [0.3, 0.4) is 0 Å². The van der Waals surface area contributed by atoms with Gasteiger partial charge in [0.25, 0.3) is 0 Å². The van der Waals surface area contributed by atoms with Gasteiger partial charge in [-0.25, -0.2) is 0 Å². The van der Waals surface area contributed by atoms with Crippen molar-refractivity contribution in [3.05, 3.63) is 29.3 Å². The van der Waals surface area contributed by atoms with E-state index in [2.05, 4.69) is 5.32 Å². The van der Waals surface area contributed by atoms with Crippen LogP contribution in [0.4, 0.5) is 5.69 Å². The molecule has 0 aromatic heterocycles. The number of aliphatic carboxylic acids is 1. The van der Waals surface area contributed by atoms with E-state index in [0.29, 0.717) is 11.3 Å². The van der Waals surface area contributed by atoms with Gasteiger partial charge in [0, 0.05) is 18.5 Å². The zero-order valence-corrected chi connectivity index (χ0v) is 10.9. The number of nitriles is 1. The van der Waals surface area contributed by atoms with Gasteiger partial charge < -0.3 is 10.4 Å². The van der Waals surface area contributed by atoms with E-state index in [4.69, 9.17) is 10.4 Å². The van der Waals surface area contributed by atoms with Crippen molar-refractivity contribution in [2.24, 2.45) is 5.92 Å². The monoisotopic (exact) mass is 260 g/mol. The van der Waals surface area contributed by atoms with Crippen LogP contribution < -0.4 is 5.32 Å². The molecule has 0 fully saturated rings. The molecular formula is C14H16N2O3. The quantitative estimate of drug-likeness (QED) is 0.850. The minimum Gasteiger partial charge on any atom is -0.481 e. The number of carboxylic acid groups (broad SMARTS) is 1. The van der Waals surface area contributed by atoms with Crippen molar-refractivity contribution in [1.82, 2.24) is 0 Å². The summed E-state index contributed by atoms with van der Waals surface area (Å²) in [4.78, 5) is 22.3. The summed E-state index contributed by atoms with van der Waals surface area (Å²) in [6.07, 6.45) is 0.104. The first-order valence-electron chi connectivity index (χ1n) is 5.94. The first kappa shape index (κ1) is 14.7. The summed E-state index contributed by atoms with van der Waals surface area (Å²) in [6.45, 7) is 3.55. The molecule has 0 aliphatic rings. The molecule has 2 N–H and O–H groups in total. The van der Waals surface area contributed by atoms with Crippen LogP contribution in [0.5, 0.6) is 0 Å². The third-order valence-electron chi connectivity index (χ3n) is 2.70. The maximum Gasteiger partial charge on any atom is 0.303 e. The number of aryl methyl sites for hydroxylation is 1. The lowest BCUT2D eigenvalue weighted by Crippen LogP contribution is -2.17. The molecule has 1 unspecified atom stereocenters. The van der Waals surface area contributed by atoms with Crippen molar-refractivity contribution in [2.45, 2.75) is 26.7 Å². The summed E-state index contributed by atoms with van der Waals surface area (Å²) in [7, 11) is 0. The Morgan fingerprint density at radius 1 is 1.42 bits per heavy atom. The molecule has 1 rings (SSSR count). The van der Waals surface area contributed by atoms with E-state index in [0.717, 1.165) is 5.56 Å². The number of carbonyl (C=O) groups excluding carboxylic acids is 1. The summed E-state index contributed by atoms with van der Waals surface area (Å²) < 4.78 is 0. The third-order valence-corrected chi connectivity index (χ3v) is 2.70. The summed E-state index contributed by atoms with van der Waals surface area (Å²) in [5.74, 6) is -1.38. The van der Waals surface area contributed by atoms with Crippen molar-refractivity contribution in [2.75, 3.05) is 5.32 Å². The minimum atomic E-state index is -0.914. The fraction of sp³-hybridized carbons (Fsp3) is 0.357. The highest BCUT2D eigenvalue weighted by Gasteiger charge is 2.13. The van der Waals surface area contributed by atoms with E-state index < -0.39 is 5.97 Å². The van der Waals surface area contributed by atoms with Gasteiger partial charge in [-0.05, 0) is 30.5 Å². The number of nitrogens with zero attached hydrogens (tertiary/aromatic N) is 1. The Kier molecular flexibility index (Phi) is 5.07. The fourth-order valence-electron chi connectivity index (χ4n) is 1.71. The van der Waals surface area contributed by atoms with Crippen molar-refractivity contribution >= 4 is 17.6 Å². The number of anilines is 1. The number of rotatable bonds is 5. The molecule has 1 aromatic rings. The average Bonchev–Trinajstić information content (AvgIpc) is 2.30. The Balaban J connectivity index is 2.67. The molecule has 0 aliphatic heterocycles. The molecule has 0 spiro atoms. The third kappa shape index (κ3) is 4.80. The lowest BCUT2D eigenvalue weighted by atomic mass is 10.0. The summed E-state index contributed by atoms with van der Waals surface area (Å²) in [5.41, 5.74) is 1.92. The van der Waals surface area contributed by atoms with Crippen LogP contribution >= 0.6 is 0 Å². The largest absolute Gasteiger partial charge is 0.481 e. The zero-order valence-electron chi connectivity index (χ0n) is 10.9. The van der Waals surface area contributed by atoms with Gasteiger partial charge in [0.05, 0.1) is 11.6 Å². The van der Waals surface area contributed by atoms with E-state index in [9.17, 15) is 9.59 Å². The number of amides is 1. The molecule has 0 radical (unpaired) electrons. The highest BCUT2D eigenvalue weighted by molar-refractivity contribution is 5.92. The van der Waals surface area contributed by atoms with Gasteiger partial charge >= 0.3 is 5.97 Å². The normalized spacial score (nSPS) is 11.4. The zero-order chi connectivity index (χ0) is 14.4. The van der Waals surface area contributed by atoms with Gasteiger partial charge in [-0.1, -0.05) is 13.0 Å². The average molecular weight is 260 g/mol. The lowest BCUT2D eigenvalue weighted by Gasteiger charge is -2.11. The van der Waals surface area contributed by atoms with Crippen molar-refractivity contribution in [3.63, 3.8) is 0 Å². The molecule has 100 valence electrons. The summed E-state index contributed by atoms with van der Waals surface area (Å²) >= 11 is 0. The minimum absolute atomic E-state index is 0.0371. The predicted octanol–water partition coefficient (Wildman–Crippen LogP) is 2.31. The first-order chi connectivity index (χ1) is 8.92. The molecule has 5 nitrogen and oxygen atoms in total. The number of carboxylic acids is 1. The maximum atomic E-state index is 11.8. The lowest BCUT2D eigenvalue weighted by molar-refractivity contribution is -0.138. The standard InChI is InChI=1S/C14H16N2O3/c1-9(6-14(18)19)5-13(17)16-12-7-11(8-15)4-3-10(12)2/h3-4,7,9H,5-6H2,1-2H3,(H,16,17)(H,18,19). The van der Waals surface area contributed by atoms with Gasteiger partial charge in [0.2, 0.25) is 5.91 Å². The first-order valence-corrected chi connectivity index (χ1v) is 5.94. The molecule has 0 heterocycles. The number of benzene rings is 1. The SMILES string of the molecule is Cc1ccc(C#N)cc1NC(=O)CC(C)CC(=O)O. The van der Waals surface area contributed by atoms with Crippen LogP contribution in [0, 0.1) is 24.2 Å². The molecule has 1 aromatic carbocycles. The van der Waals surface area contributed by atoms with E-state index in [-0.39, 0.29) is 24.7 Å². The molecule has 0 saturated heterocycles. The second-order valence-corrected chi connectivity index (χ2v) is 4.60.